The molecule has 1 aromatic heterocycles. The Morgan fingerprint density at radius 3 is 2.42 bits per heavy atom. The molecule has 2 N–H and O–H groups in total. The number of fused-ring (bicyclic) bond motifs is 1. The van der Waals surface area contributed by atoms with E-state index < -0.39 is 29.4 Å². The molecule has 0 spiro atoms. The Morgan fingerprint density at radius 1 is 1.03 bits per heavy atom. The number of hydrogen-bond donors (Lipinski definition) is 2. The molecule has 2 aliphatic carbocycles. The minimum absolute atomic E-state index is 0.0241. The van der Waals surface area contributed by atoms with Crippen molar-refractivity contribution in [3.05, 3.63) is 24.3 Å². The Hall–Kier alpha value is -2.84. The van der Waals surface area contributed by atoms with Crippen molar-refractivity contribution in [1.29, 1.82) is 0 Å². The molecule has 0 radical (unpaired) electrons. The lowest BCUT2D eigenvalue weighted by Crippen LogP contribution is -2.61. The standard InChI is InChI=1S/C27H39N5O4/c1-27(2,3)23(26(36)32-15-18-10-7-11-19(18)21(32)16-33)31-25(35)22(17-8-5-4-6-9-17)30-24(34)20-14-28-12-13-29-20/h12-14,16-19,21-23H,4-11,15H2,1-3H3,(H,30,34)(H,31,35)/t18-,19-,21+,22+,23-/m0/s1. The second-order valence-corrected chi connectivity index (χ2v) is 11.7. The van der Waals surface area contributed by atoms with E-state index in [1.807, 2.05) is 20.8 Å². The lowest BCUT2D eigenvalue weighted by Gasteiger charge is -2.37. The van der Waals surface area contributed by atoms with Gasteiger partial charge in [-0.1, -0.05) is 46.5 Å². The summed E-state index contributed by atoms with van der Waals surface area (Å²) in [6, 6.07) is -2.03. The third-order valence-electron chi connectivity index (χ3n) is 8.26. The Labute approximate surface area is 213 Å². The second-order valence-electron chi connectivity index (χ2n) is 11.7. The molecule has 1 saturated heterocycles. The predicted molar refractivity (Wildman–Crippen MR) is 134 cm³/mol. The van der Waals surface area contributed by atoms with Gasteiger partial charge in [-0.05, 0) is 48.9 Å². The lowest BCUT2D eigenvalue weighted by molar-refractivity contribution is -0.142. The van der Waals surface area contributed by atoms with Gasteiger partial charge in [0, 0.05) is 18.9 Å². The van der Waals surface area contributed by atoms with Gasteiger partial charge in [-0.25, -0.2) is 4.98 Å². The Balaban J connectivity index is 1.54. The predicted octanol–water partition coefficient (Wildman–Crippen LogP) is 2.51. The van der Waals surface area contributed by atoms with E-state index in [2.05, 4.69) is 20.6 Å². The van der Waals surface area contributed by atoms with Crippen LogP contribution >= 0.6 is 0 Å². The van der Waals surface area contributed by atoms with Crippen LogP contribution in [0.25, 0.3) is 0 Å². The highest BCUT2D eigenvalue weighted by Crippen LogP contribution is 2.42. The number of aromatic nitrogens is 2. The number of carbonyl (C=O) groups is 4. The molecule has 9 heteroatoms. The quantitative estimate of drug-likeness (QED) is 0.559. The SMILES string of the molecule is CC(C)(C)[C@@H](NC(=O)[C@H](NC(=O)c1cnccn1)C1CCCCC1)C(=O)N1C[C@@H]2CCC[C@@H]2[C@H]1C=O. The number of rotatable bonds is 7. The average Bonchev–Trinajstić information content (AvgIpc) is 3.47. The maximum absolute atomic E-state index is 13.8. The maximum atomic E-state index is 13.8. The van der Waals surface area contributed by atoms with Crippen LogP contribution in [0.1, 0.15) is 82.6 Å². The van der Waals surface area contributed by atoms with E-state index in [0.29, 0.717) is 12.5 Å². The lowest BCUT2D eigenvalue weighted by atomic mass is 9.82. The van der Waals surface area contributed by atoms with Crippen LogP contribution in [-0.4, -0.2) is 63.5 Å². The molecule has 0 aromatic carbocycles. The van der Waals surface area contributed by atoms with E-state index in [1.54, 1.807) is 4.90 Å². The van der Waals surface area contributed by atoms with Gasteiger partial charge in [-0.15, -0.1) is 0 Å². The summed E-state index contributed by atoms with van der Waals surface area (Å²) in [5.74, 6) is -0.505. The molecular formula is C27H39N5O4. The van der Waals surface area contributed by atoms with Crippen LogP contribution in [0, 0.1) is 23.2 Å². The highest BCUT2D eigenvalue weighted by molar-refractivity contribution is 5.97. The van der Waals surface area contributed by atoms with E-state index >= 15 is 0 Å². The summed E-state index contributed by atoms with van der Waals surface area (Å²) in [6.45, 7) is 6.30. The van der Waals surface area contributed by atoms with Gasteiger partial charge in [0.1, 0.15) is 24.1 Å². The summed E-state index contributed by atoms with van der Waals surface area (Å²) in [5, 5.41) is 5.89. The third-order valence-corrected chi connectivity index (χ3v) is 8.26. The van der Waals surface area contributed by atoms with E-state index in [-0.39, 0.29) is 29.3 Å². The summed E-state index contributed by atoms with van der Waals surface area (Å²) in [5.41, 5.74) is -0.434. The third kappa shape index (κ3) is 5.60. The fraction of sp³-hybridized carbons (Fsp3) is 0.704. The van der Waals surface area contributed by atoms with E-state index in [1.165, 1.54) is 18.6 Å². The molecule has 1 aromatic rings. The van der Waals surface area contributed by atoms with E-state index in [0.717, 1.165) is 57.7 Å². The normalized spacial score (nSPS) is 26.1. The number of carbonyl (C=O) groups excluding carboxylic acids is 4. The van der Waals surface area contributed by atoms with Gasteiger partial charge < -0.3 is 20.3 Å². The molecule has 3 fully saturated rings. The number of aldehydes is 1. The Morgan fingerprint density at radius 2 is 1.78 bits per heavy atom. The van der Waals surface area contributed by atoms with Crippen LogP contribution in [0.2, 0.25) is 0 Å². The van der Waals surface area contributed by atoms with Crippen LogP contribution in [0.5, 0.6) is 0 Å². The molecule has 9 nitrogen and oxygen atoms in total. The summed E-state index contributed by atoms with van der Waals surface area (Å²) >= 11 is 0. The van der Waals surface area contributed by atoms with Gasteiger partial charge in [0.05, 0.1) is 12.2 Å². The van der Waals surface area contributed by atoms with Gasteiger partial charge in [0.2, 0.25) is 11.8 Å². The van der Waals surface area contributed by atoms with Crippen molar-refractivity contribution < 1.29 is 19.2 Å². The fourth-order valence-electron chi connectivity index (χ4n) is 6.30. The number of likely N-dealkylation sites (tertiary alicyclic amines) is 1. The summed E-state index contributed by atoms with van der Waals surface area (Å²) in [7, 11) is 0. The molecule has 36 heavy (non-hydrogen) atoms. The van der Waals surface area contributed by atoms with Crippen molar-refractivity contribution in [2.24, 2.45) is 23.2 Å². The summed E-state index contributed by atoms with van der Waals surface area (Å²) < 4.78 is 0. The van der Waals surface area contributed by atoms with Crippen molar-refractivity contribution in [1.82, 2.24) is 25.5 Å². The molecule has 1 aliphatic heterocycles. The van der Waals surface area contributed by atoms with Gasteiger partial charge in [0.15, 0.2) is 0 Å². The largest absolute Gasteiger partial charge is 0.342 e. The van der Waals surface area contributed by atoms with Crippen LogP contribution < -0.4 is 10.6 Å². The molecule has 196 valence electrons. The second kappa shape index (κ2) is 11.0. The molecule has 2 saturated carbocycles. The maximum Gasteiger partial charge on any atom is 0.272 e. The fourth-order valence-corrected chi connectivity index (χ4v) is 6.30. The van der Waals surface area contributed by atoms with Crippen molar-refractivity contribution >= 4 is 24.0 Å². The smallest absolute Gasteiger partial charge is 0.272 e. The minimum Gasteiger partial charge on any atom is -0.342 e. The van der Waals surface area contributed by atoms with E-state index in [4.69, 9.17) is 0 Å². The molecule has 0 unspecified atom stereocenters. The average molecular weight is 498 g/mol. The number of amides is 3. The first-order valence-corrected chi connectivity index (χ1v) is 13.3. The molecule has 2 heterocycles. The first-order chi connectivity index (χ1) is 17.2. The summed E-state index contributed by atoms with van der Waals surface area (Å²) in [6.07, 6.45) is 13.0. The molecule has 3 aliphatic rings. The topological polar surface area (TPSA) is 121 Å². The molecule has 0 bridgehead atoms. The zero-order valence-corrected chi connectivity index (χ0v) is 21.6. The van der Waals surface area contributed by atoms with Gasteiger partial charge >= 0.3 is 0 Å². The van der Waals surface area contributed by atoms with Crippen molar-refractivity contribution in [3.63, 3.8) is 0 Å². The zero-order valence-electron chi connectivity index (χ0n) is 21.6. The van der Waals surface area contributed by atoms with Crippen LogP contribution in [0.15, 0.2) is 18.6 Å². The Kier molecular flexibility index (Phi) is 8.05. The first kappa shape index (κ1) is 26.2. The number of nitrogens with zero attached hydrogens (tertiary/aromatic N) is 3. The van der Waals surface area contributed by atoms with Gasteiger partial charge in [-0.3, -0.25) is 19.4 Å². The molecule has 3 amide bonds. The molecule has 5 atom stereocenters. The van der Waals surface area contributed by atoms with Crippen molar-refractivity contribution in [2.45, 2.75) is 90.3 Å². The van der Waals surface area contributed by atoms with Crippen LogP contribution in [0.3, 0.4) is 0 Å². The Bertz CT molecular complexity index is 957. The first-order valence-electron chi connectivity index (χ1n) is 13.3. The van der Waals surface area contributed by atoms with Crippen LogP contribution in [-0.2, 0) is 14.4 Å². The molecular weight excluding hydrogens is 458 g/mol. The van der Waals surface area contributed by atoms with Crippen molar-refractivity contribution in [2.75, 3.05) is 6.54 Å². The summed E-state index contributed by atoms with van der Waals surface area (Å²) in [4.78, 5) is 62.2. The number of nitrogens with one attached hydrogen (secondary N) is 2. The van der Waals surface area contributed by atoms with Crippen LogP contribution in [0.4, 0.5) is 0 Å². The van der Waals surface area contributed by atoms with E-state index in [9.17, 15) is 19.2 Å². The number of hydrogen-bond acceptors (Lipinski definition) is 6. The zero-order chi connectivity index (χ0) is 25.9. The highest BCUT2D eigenvalue weighted by Gasteiger charge is 2.49. The van der Waals surface area contributed by atoms with Gasteiger partial charge in [-0.2, -0.15) is 0 Å². The van der Waals surface area contributed by atoms with Crippen molar-refractivity contribution in [3.8, 4) is 0 Å². The van der Waals surface area contributed by atoms with Gasteiger partial charge in [0.25, 0.3) is 5.91 Å². The highest BCUT2D eigenvalue weighted by atomic mass is 16.2. The minimum atomic E-state index is -0.814. The monoisotopic (exact) mass is 497 g/mol. The molecule has 4 rings (SSSR count).